The van der Waals surface area contributed by atoms with Crippen LogP contribution in [0.5, 0.6) is 0 Å². The van der Waals surface area contributed by atoms with Crippen molar-refractivity contribution in [2.75, 3.05) is 22.5 Å². The first-order valence-electron chi connectivity index (χ1n) is 10.6. The first-order chi connectivity index (χ1) is 16.9. The van der Waals surface area contributed by atoms with Crippen molar-refractivity contribution in [3.63, 3.8) is 0 Å². The lowest BCUT2D eigenvalue weighted by Crippen LogP contribution is -2.46. The van der Waals surface area contributed by atoms with Gasteiger partial charge in [0.25, 0.3) is 5.91 Å². The molecule has 0 aliphatic carbocycles. The highest BCUT2D eigenvalue weighted by atomic mass is 35.5. The van der Waals surface area contributed by atoms with E-state index in [2.05, 4.69) is 10.6 Å². The van der Waals surface area contributed by atoms with Gasteiger partial charge in [0.05, 0.1) is 23.0 Å². The molecule has 0 aromatic heterocycles. The smallest absolute Gasteiger partial charge is 0.398 e. The minimum atomic E-state index is -4.87. The molecule has 0 bridgehead atoms. The highest BCUT2D eigenvalue weighted by molar-refractivity contribution is 6.31. The molecule has 0 unspecified atom stereocenters. The number of nitrogen functional groups attached to an aromatic ring is 1. The van der Waals surface area contributed by atoms with Crippen molar-refractivity contribution in [3.05, 3.63) is 86.9 Å². The van der Waals surface area contributed by atoms with E-state index in [4.69, 9.17) is 17.3 Å². The number of nitrogens with one attached hydrogen (secondary N) is 2. The summed E-state index contributed by atoms with van der Waals surface area (Å²) in [6.45, 7) is 0.290. The van der Waals surface area contributed by atoms with Crippen LogP contribution >= 0.6 is 11.6 Å². The van der Waals surface area contributed by atoms with Gasteiger partial charge < -0.3 is 16.4 Å². The van der Waals surface area contributed by atoms with Gasteiger partial charge in [-0.15, -0.1) is 0 Å². The molecule has 1 atom stereocenters. The Morgan fingerprint density at radius 2 is 1.86 bits per heavy atom. The van der Waals surface area contributed by atoms with Crippen LogP contribution in [0.3, 0.4) is 0 Å². The van der Waals surface area contributed by atoms with Crippen LogP contribution in [0.1, 0.15) is 38.7 Å². The molecular formula is C24H16ClF5N4O2. The molecular weight excluding hydrogens is 507 g/mol. The summed E-state index contributed by atoms with van der Waals surface area (Å²) in [7, 11) is 0. The molecule has 3 amide bonds. The van der Waals surface area contributed by atoms with E-state index in [0.29, 0.717) is 35.4 Å². The second-order valence-electron chi connectivity index (χ2n) is 8.38. The lowest BCUT2D eigenvalue weighted by atomic mass is 9.91. The number of carbonyl (C=O) groups is 2. The maximum absolute atomic E-state index is 14.1. The molecule has 0 radical (unpaired) electrons. The van der Waals surface area contributed by atoms with Crippen LogP contribution in [0, 0.1) is 11.6 Å². The number of alkyl halides is 3. The number of rotatable bonds is 3. The SMILES string of the molecule is Nc1cc(NC(=O)c2cc(F)cc(C(F)(F)F)c2)c2c3c1CCN3C(=O)N[C@@H]2c1cc(F)ccc1Cl. The number of hydrogen-bond acceptors (Lipinski definition) is 3. The second kappa shape index (κ2) is 8.37. The topological polar surface area (TPSA) is 87.5 Å². The van der Waals surface area contributed by atoms with Crippen molar-refractivity contribution in [2.45, 2.75) is 18.6 Å². The Hall–Kier alpha value is -3.86. The van der Waals surface area contributed by atoms with E-state index in [1.165, 1.54) is 17.0 Å². The fourth-order valence-corrected chi connectivity index (χ4v) is 4.80. The van der Waals surface area contributed by atoms with Crippen LogP contribution in [0.2, 0.25) is 5.02 Å². The minimum Gasteiger partial charge on any atom is -0.398 e. The zero-order chi connectivity index (χ0) is 25.9. The predicted molar refractivity (Wildman–Crippen MR) is 123 cm³/mol. The Labute approximate surface area is 205 Å². The molecule has 5 rings (SSSR count). The lowest BCUT2D eigenvalue weighted by molar-refractivity contribution is -0.137. The molecule has 0 fully saturated rings. The van der Waals surface area contributed by atoms with Gasteiger partial charge in [-0.2, -0.15) is 13.2 Å². The molecule has 3 aromatic rings. The molecule has 186 valence electrons. The van der Waals surface area contributed by atoms with Crippen LogP contribution in [0.25, 0.3) is 0 Å². The molecule has 6 nitrogen and oxygen atoms in total. The molecule has 2 heterocycles. The summed E-state index contributed by atoms with van der Waals surface area (Å²) in [5.74, 6) is -2.91. The summed E-state index contributed by atoms with van der Waals surface area (Å²) >= 11 is 6.31. The number of urea groups is 1. The van der Waals surface area contributed by atoms with Gasteiger partial charge in [-0.05, 0) is 48.9 Å². The molecule has 3 aromatic carbocycles. The summed E-state index contributed by atoms with van der Waals surface area (Å²) in [6, 6.07) is 4.95. The number of carbonyl (C=O) groups excluding carboxylic acids is 2. The molecule has 4 N–H and O–H groups in total. The van der Waals surface area contributed by atoms with Crippen molar-refractivity contribution in [1.82, 2.24) is 5.32 Å². The average molecular weight is 523 g/mol. The van der Waals surface area contributed by atoms with E-state index in [1.807, 2.05) is 0 Å². The third kappa shape index (κ3) is 3.98. The van der Waals surface area contributed by atoms with Crippen LogP contribution in [-0.2, 0) is 12.6 Å². The number of benzene rings is 3. The van der Waals surface area contributed by atoms with Gasteiger partial charge in [-0.1, -0.05) is 11.6 Å². The number of halogens is 6. The number of hydrogen-bond donors (Lipinski definition) is 3. The van der Waals surface area contributed by atoms with Crippen molar-refractivity contribution >= 4 is 40.6 Å². The Morgan fingerprint density at radius 1 is 1.11 bits per heavy atom. The third-order valence-corrected chi connectivity index (χ3v) is 6.49. The number of nitrogens with two attached hydrogens (primary N) is 1. The highest BCUT2D eigenvalue weighted by Gasteiger charge is 2.40. The van der Waals surface area contributed by atoms with Crippen molar-refractivity contribution in [1.29, 1.82) is 0 Å². The van der Waals surface area contributed by atoms with E-state index < -0.39 is 46.9 Å². The zero-order valence-corrected chi connectivity index (χ0v) is 18.9. The largest absolute Gasteiger partial charge is 0.416 e. The summed E-state index contributed by atoms with van der Waals surface area (Å²) in [4.78, 5) is 27.2. The van der Waals surface area contributed by atoms with Crippen LogP contribution in [-0.4, -0.2) is 18.5 Å². The molecule has 36 heavy (non-hydrogen) atoms. The fraction of sp³-hybridized carbons (Fsp3) is 0.167. The third-order valence-electron chi connectivity index (χ3n) is 6.14. The van der Waals surface area contributed by atoms with Gasteiger partial charge in [0.15, 0.2) is 0 Å². The predicted octanol–water partition coefficient (Wildman–Crippen LogP) is 5.65. The van der Waals surface area contributed by atoms with Crippen molar-refractivity contribution in [3.8, 4) is 0 Å². The molecule has 0 saturated heterocycles. The standard InChI is InChI=1S/C24H16ClF5N4O2/c25-16-2-1-12(26)8-15(16)20-19-18(9-17(31)14-3-4-34(21(14)19)23(36)33-20)32-22(35)10-5-11(24(28,29)30)7-13(27)6-10/h1-2,5-9,20H,3-4,31H2,(H,32,35)(H,33,36)/t20-/m1/s1. The maximum atomic E-state index is 14.1. The summed E-state index contributed by atoms with van der Waals surface area (Å²) in [5, 5.41) is 5.36. The lowest BCUT2D eigenvalue weighted by Gasteiger charge is -2.35. The molecule has 0 saturated carbocycles. The number of anilines is 3. The van der Waals surface area contributed by atoms with Gasteiger partial charge in [-0.3, -0.25) is 9.69 Å². The van der Waals surface area contributed by atoms with Crippen molar-refractivity contribution < 1.29 is 31.5 Å². The first-order valence-corrected chi connectivity index (χ1v) is 11.0. The van der Waals surface area contributed by atoms with Gasteiger partial charge in [0.2, 0.25) is 0 Å². The van der Waals surface area contributed by atoms with Gasteiger partial charge in [-0.25, -0.2) is 13.6 Å². The second-order valence-corrected chi connectivity index (χ2v) is 8.79. The normalized spacial score (nSPS) is 16.6. The van der Waals surface area contributed by atoms with Gasteiger partial charge in [0.1, 0.15) is 11.6 Å². The van der Waals surface area contributed by atoms with E-state index in [-0.39, 0.29) is 34.6 Å². The summed E-state index contributed by atoms with van der Waals surface area (Å²) in [5.41, 5.74) is 6.10. The Kier molecular flexibility index (Phi) is 5.55. The Bertz CT molecular complexity index is 1440. The number of nitrogens with zero attached hydrogens (tertiary/aromatic N) is 1. The monoisotopic (exact) mass is 522 g/mol. The summed E-state index contributed by atoms with van der Waals surface area (Å²) in [6.07, 6.45) is -4.45. The van der Waals surface area contributed by atoms with E-state index in [9.17, 15) is 31.5 Å². The van der Waals surface area contributed by atoms with E-state index in [1.54, 1.807) is 0 Å². The molecule has 12 heteroatoms. The van der Waals surface area contributed by atoms with E-state index >= 15 is 0 Å². The van der Waals surface area contributed by atoms with Crippen molar-refractivity contribution in [2.24, 2.45) is 0 Å². The zero-order valence-electron chi connectivity index (χ0n) is 18.1. The van der Waals surface area contributed by atoms with Gasteiger partial charge in [0, 0.05) is 39.5 Å². The van der Waals surface area contributed by atoms with Crippen LogP contribution in [0.15, 0.2) is 42.5 Å². The van der Waals surface area contributed by atoms with Crippen LogP contribution < -0.4 is 21.3 Å². The maximum Gasteiger partial charge on any atom is 0.416 e. The average Bonchev–Trinajstić information content (AvgIpc) is 3.25. The number of amides is 3. The summed E-state index contributed by atoms with van der Waals surface area (Å²) < 4.78 is 67.5. The molecule has 2 aliphatic heterocycles. The fourth-order valence-electron chi connectivity index (χ4n) is 4.57. The molecule has 0 spiro atoms. The highest BCUT2D eigenvalue weighted by Crippen LogP contribution is 2.48. The Morgan fingerprint density at radius 3 is 2.58 bits per heavy atom. The van der Waals surface area contributed by atoms with E-state index in [0.717, 1.165) is 12.1 Å². The molecule has 2 aliphatic rings. The van der Waals surface area contributed by atoms with Gasteiger partial charge >= 0.3 is 12.2 Å². The minimum absolute atomic E-state index is 0.0475. The first kappa shape index (κ1) is 23.9. The quantitative estimate of drug-likeness (QED) is 0.307. The Balaban J connectivity index is 1.65. The van der Waals surface area contributed by atoms with Crippen LogP contribution in [0.4, 0.5) is 43.8 Å².